The Morgan fingerprint density at radius 2 is 2.07 bits per heavy atom. The van der Waals surface area contributed by atoms with Crippen LogP contribution in [0.1, 0.15) is 19.7 Å². The summed E-state index contributed by atoms with van der Waals surface area (Å²) in [7, 11) is 0. The average molecular weight is 230 g/mol. The van der Waals surface area contributed by atoms with E-state index in [-0.39, 0.29) is 0 Å². The van der Waals surface area contributed by atoms with E-state index < -0.39 is 0 Å². The zero-order chi connectivity index (χ0) is 11.1. The first-order valence-corrected chi connectivity index (χ1v) is 6.16. The van der Waals surface area contributed by atoms with Gasteiger partial charge >= 0.3 is 0 Å². The van der Waals surface area contributed by atoms with Gasteiger partial charge in [0, 0.05) is 12.3 Å². The Kier molecular flexibility index (Phi) is 5.67. The number of aromatic nitrogens is 2. The van der Waals surface area contributed by atoms with Crippen molar-refractivity contribution in [2.45, 2.75) is 25.6 Å². The van der Waals surface area contributed by atoms with Crippen LogP contribution in [0.25, 0.3) is 0 Å². The molecule has 0 spiro atoms. The normalized spacial score (nSPS) is 11.2. The molecule has 0 unspecified atom stereocenters. The Hall–Kier alpha value is -0.590. The summed E-state index contributed by atoms with van der Waals surface area (Å²) in [5.74, 6) is 1.47. The van der Waals surface area contributed by atoms with Gasteiger partial charge in [0.15, 0.2) is 0 Å². The standard InChI is InChI=1S/C9H18N4OS/c1-3-13(4-2)5-6-15-9-12-11-8(7-10)14-9/h3-7,10H2,1-2H3. The molecule has 1 rings (SSSR count). The lowest BCUT2D eigenvalue weighted by Crippen LogP contribution is -2.25. The molecule has 0 radical (unpaired) electrons. The summed E-state index contributed by atoms with van der Waals surface area (Å²) in [4.78, 5) is 2.35. The van der Waals surface area contributed by atoms with Crippen molar-refractivity contribution >= 4 is 11.8 Å². The molecule has 0 amide bonds. The summed E-state index contributed by atoms with van der Waals surface area (Å²) < 4.78 is 5.28. The van der Waals surface area contributed by atoms with Crippen LogP contribution in [0.4, 0.5) is 0 Å². The Balaban J connectivity index is 2.25. The van der Waals surface area contributed by atoms with Gasteiger partial charge in [-0.2, -0.15) is 0 Å². The third-order valence-corrected chi connectivity index (χ3v) is 2.95. The van der Waals surface area contributed by atoms with Gasteiger partial charge in [-0.3, -0.25) is 0 Å². The number of hydrogen-bond donors (Lipinski definition) is 1. The van der Waals surface area contributed by atoms with Crippen molar-refractivity contribution in [2.24, 2.45) is 5.73 Å². The fourth-order valence-corrected chi connectivity index (χ4v) is 1.96. The van der Waals surface area contributed by atoms with Crippen molar-refractivity contribution in [3.8, 4) is 0 Å². The van der Waals surface area contributed by atoms with E-state index >= 15 is 0 Å². The quantitative estimate of drug-likeness (QED) is 0.704. The summed E-state index contributed by atoms with van der Waals surface area (Å²) in [6.07, 6.45) is 0. The molecular weight excluding hydrogens is 212 g/mol. The molecule has 0 atom stereocenters. The maximum atomic E-state index is 5.37. The molecule has 0 aromatic carbocycles. The topological polar surface area (TPSA) is 68.2 Å². The summed E-state index contributed by atoms with van der Waals surface area (Å²) in [6.45, 7) is 7.83. The lowest BCUT2D eigenvalue weighted by molar-refractivity contribution is 0.323. The van der Waals surface area contributed by atoms with E-state index in [4.69, 9.17) is 10.2 Å². The highest BCUT2D eigenvalue weighted by atomic mass is 32.2. The molecule has 6 heteroatoms. The van der Waals surface area contributed by atoms with Gasteiger partial charge in [-0.1, -0.05) is 25.6 Å². The van der Waals surface area contributed by atoms with E-state index in [1.54, 1.807) is 11.8 Å². The van der Waals surface area contributed by atoms with E-state index in [1.165, 1.54) is 0 Å². The Bertz CT molecular complexity index is 275. The van der Waals surface area contributed by atoms with E-state index in [0.717, 1.165) is 25.4 Å². The van der Waals surface area contributed by atoms with Crippen molar-refractivity contribution in [3.63, 3.8) is 0 Å². The molecule has 15 heavy (non-hydrogen) atoms. The smallest absolute Gasteiger partial charge is 0.276 e. The Labute approximate surface area is 94.4 Å². The second kappa shape index (κ2) is 6.81. The van der Waals surface area contributed by atoms with Gasteiger partial charge in [-0.05, 0) is 13.1 Å². The minimum absolute atomic E-state index is 0.309. The van der Waals surface area contributed by atoms with Crippen LogP contribution < -0.4 is 5.73 Å². The number of hydrogen-bond acceptors (Lipinski definition) is 6. The highest BCUT2D eigenvalue weighted by molar-refractivity contribution is 7.99. The van der Waals surface area contributed by atoms with Crippen molar-refractivity contribution in [2.75, 3.05) is 25.4 Å². The fourth-order valence-electron chi connectivity index (χ4n) is 1.18. The Morgan fingerprint density at radius 3 is 2.60 bits per heavy atom. The van der Waals surface area contributed by atoms with Crippen molar-refractivity contribution < 1.29 is 4.42 Å². The van der Waals surface area contributed by atoms with Crippen molar-refractivity contribution in [3.05, 3.63) is 5.89 Å². The summed E-state index contributed by atoms with van der Waals surface area (Å²) in [5.41, 5.74) is 5.37. The van der Waals surface area contributed by atoms with Crippen LogP contribution in [0.2, 0.25) is 0 Å². The van der Waals surface area contributed by atoms with Gasteiger partial charge < -0.3 is 15.1 Å². The van der Waals surface area contributed by atoms with Gasteiger partial charge in [-0.25, -0.2) is 0 Å². The SMILES string of the molecule is CCN(CC)CCSc1nnc(CN)o1. The zero-order valence-corrected chi connectivity index (χ0v) is 10.1. The number of nitrogens with two attached hydrogens (primary N) is 1. The van der Waals surface area contributed by atoms with Gasteiger partial charge in [-0.15, -0.1) is 10.2 Å². The largest absolute Gasteiger partial charge is 0.415 e. The molecule has 0 bridgehead atoms. The molecule has 0 saturated carbocycles. The third-order valence-electron chi connectivity index (χ3n) is 2.15. The maximum Gasteiger partial charge on any atom is 0.276 e. The number of thioether (sulfide) groups is 1. The van der Waals surface area contributed by atoms with Crippen LogP contribution in [0.15, 0.2) is 9.64 Å². The van der Waals surface area contributed by atoms with E-state index in [0.29, 0.717) is 17.7 Å². The lowest BCUT2D eigenvalue weighted by Gasteiger charge is -2.16. The fraction of sp³-hybridized carbons (Fsp3) is 0.778. The second-order valence-electron chi connectivity index (χ2n) is 3.04. The molecule has 86 valence electrons. The Morgan fingerprint density at radius 1 is 1.33 bits per heavy atom. The second-order valence-corrected chi connectivity index (χ2v) is 4.09. The highest BCUT2D eigenvalue weighted by Crippen LogP contribution is 2.15. The van der Waals surface area contributed by atoms with E-state index in [9.17, 15) is 0 Å². The monoisotopic (exact) mass is 230 g/mol. The maximum absolute atomic E-state index is 5.37. The molecule has 0 fully saturated rings. The average Bonchev–Trinajstić information content (AvgIpc) is 2.72. The molecule has 5 nitrogen and oxygen atoms in total. The minimum atomic E-state index is 0.309. The summed E-state index contributed by atoms with van der Waals surface area (Å²) in [5, 5.41) is 8.29. The van der Waals surface area contributed by atoms with Gasteiger partial charge in [0.25, 0.3) is 5.22 Å². The molecule has 1 heterocycles. The van der Waals surface area contributed by atoms with E-state index in [2.05, 4.69) is 28.9 Å². The lowest BCUT2D eigenvalue weighted by atomic mass is 10.5. The zero-order valence-electron chi connectivity index (χ0n) is 9.27. The summed E-state index contributed by atoms with van der Waals surface area (Å²) in [6, 6.07) is 0. The van der Waals surface area contributed by atoms with Crippen LogP contribution in [0.5, 0.6) is 0 Å². The highest BCUT2D eigenvalue weighted by Gasteiger charge is 2.05. The third kappa shape index (κ3) is 4.19. The number of nitrogens with zero attached hydrogens (tertiary/aromatic N) is 3. The summed E-state index contributed by atoms with van der Waals surface area (Å²) >= 11 is 1.58. The first-order chi connectivity index (χ1) is 7.30. The van der Waals surface area contributed by atoms with Gasteiger partial charge in [0.1, 0.15) is 0 Å². The first kappa shape index (κ1) is 12.5. The van der Waals surface area contributed by atoms with Gasteiger partial charge in [0.2, 0.25) is 5.89 Å². The minimum Gasteiger partial charge on any atom is -0.415 e. The predicted molar refractivity (Wildman–Crippen MR) is 60.7 cm³/mol. The van der Waals surface area contributed by atoms with E-state index in [1.807, 2.05) is 0 Å². The molecule has 2 N–H and O–H groups in total. The molecule has 0 saturated heterocycles. The van der Waals surface area contributed by atoms with Crippen LogP contribution in [0, 0.1) is 0 Å². The molecule has 0 aliphatic carbocycles. The molecule has 1 aromatic rings. The van der Waals surface area contributed by atoms with Crippen LogP contribution in [-0.2, 0) is 6.54 Å². The molecule has 0 aliphatic rings. The molecule has 1 aromatic heterocycles. The number of rotatable bonds is 7. The van der Waals surface area contributed by atoms with Gasteiger partial charge in [0.05, 0.1) is 6.54 Å². The molecular formula is C9H18N4OS. The van der Waals surface area contributed by atoms with Crippen molar-refractivity contribution in [1.29, 1.82) is 0 Å². The van der Waals surface area contributed by atoms with Crippen LogP contribution in [-0.4, -0.2) is 40.5 Å². The molecule has 0 aliphatic heterocycles. The first-order valence-electron chi connectivity index (χ1n) is 5.17. The predicted octanol–water partition coefficient (Wildman–Crippen LogP) is 0.962. The van der Waals surface area contributed by atoms with Crippen LogP contribution >= 0.6 is 11.8 Å². The van der Waals surface area contributed by atoms with Crippen LogP contribution in [0.3, 0.4) is 0 Å². The van der Waals surface area contributed by atoms with Crippen molar-refractivity contribution in [1.82, 2.24) is 15.1 Å².